The number of carbonyl (C=O) groups is 7. The van der Waals surface area contributed by atoms with Gasteiger partial charge < -0.3 is 75.7 Å². The van der Waals surface area contributed by atoms with Crippen LogP contribution in [0.1, 0.15) is 30.4 Å². The summed E-state index contributed by atoms with van der Waals surface area (Å²) >= 11 is 0. The fraction of sp³-hybridized carbons (Fsp3) is 0.567. The van der Waals surface area contributed by atoms with Crippen molar-refractivity contribution in [3.05, 3.63) is 23.3 Å². The van der Waals surface area contributed by atoms with Crippen LogP contribution in [0.2, 0.25) is 0 Å². The highest BCUT2D eigenvalue weighted by atomic mass is 16.5. The van der Waals surface area contributed by atoms with E-state index in [1.54, 1.807) is 7.11 Å². The lowest BCUT2D eigenvalue weighted by atomic mass is 9.52. The van der Waals surface area contributed by atoms with Crippen LogP contribution in [0.4, 0.5) is 0 Å². The molecule has 290 valence electrons. The first kappa shape index (κ1) is 43.2. The van der Waals surface area contributed by atoms with E-state index in [4.69, 9.17) is 70.8 Å². The lowest BCUT2D eigenvalue weighted by Crippen LogP contribution is -2.65. The van der Waals surface area contributed by atoms with Crippen molar-refractivity contribution in [3.8, 4) is 11.5 Å². The van der Waals surface area contributed by atoms with Gasteiger partial charge in [0.1, 0.15) is 0 Å². The Morgan fingerprint density at radius 3 is 1.52 bits per heavy atom. The Morgan fingerprint density at radius 2 is 1.15 bits per heavy atom. The van der Waals surface area contributed by atoms with Crippen LogP contribution in [0, 0.1) is 5.92 Å². The third-order valence-electron chi connectivity index (χ3n) is 9.01. The third kappa shape index (κ3) is 8.90. The van der Waals surface area contributed by atoms with E-state index in [0.29, 0.717) is 18.4 Å². The van der Waals surface area contributed by atoms with Gasteiger partial charge in [-0.1, -0.05) is 6.07 Å². The Balaban J connectivity index is 0.000000267. The Hall–Kier alpha value is -4.97. The van der Waals surface area contributed by atoms with E-state index in [2.05, 4.69) is 18.0 Å². The SMILES string of the molecule is COc1ccc2c3c1O[C@H]1C(=O)CC[C@H]4[C@@H](C2)N(C)CC[C@]314.O=C(O)C(O)C(O)C(=O)O.O=C(O)C(O)C(O)C(=O)O.O=C(O)C(O)C(O)C(=O)O. The molecule has 0 aromatic heterocycles. The monoisotopic (exact) mass is 749 g/mol. The molecule has 6 unspecified atom stereocenters. The molecule has 1 aromatic rings. The van der Waals surface area contributed by atoms with Crippen molar-refractivity contribution >= 4 is 41.6 Å². The van der Waals surface area contributed by atoms with Gasteiger partial charge in [-0.15, -0.1) is 0 Å². The summed E-state index contributed by atoms with van der Waals surface area (Å²) in [5.74, 6) is -8.15. The zero-order valence-corrected chi connectivity index (χ0v) is 27.4. The average Bonchev–Trinajstić information content (AvgIpc) is 3.45. The lowest BCUT2D eigenvalue weighted by molar-refractivity contribution is -0.165. The number of likely N-dealkylation sites (N-methyl/N-ethyl adjacent to an activating group) is 1. The van der Waals surface area contributed by atoms with Gasteiger partial charge >= 0.3 is 35.8 Å². The molecule has 0 radical (unpaired) electrons. The van der Waals surface area contributed by atoms with Gasteiger partial charge in [0.2, 0.25) is 0 Å². The standard InChI is InChI=1S/C18H21NO3.3C4H6O6/c1-19-8-7-18-11-4-5-13(20)17(18)22-16-14(21-2)6-3-10(15(16)18)9-12(11)19;3*5-1(3(7)8)2(6)4(9)10/h3,6,11-12,17H,4-5,7-9H2,1-2H3;3*1-2,5-6H,(H,7,8)(H,9,10)/t11-,12+,17-,18-;;;/m0.../s1. The number of rotatable bonds is 10. The Morgan fingerprint density at radius 1 is 0.750 bits per heavy atom. The molecular weight excluding hydrogens is 710 g/mol. The second-order valence-corrected chi connectivity index (χ2v) is 12.0. The smallest absolute Gasteiger partial charge is 0.335 e. The minimum absolute atomic E-state index is 0.0933. The number of ether oxygens (including phenoxy) is 2. The summed E-state index contributed by atoms with van der Waals surface area (Å²) < 4.78 is 11.8. The van der Waals surface area contributed by atoms with E-state index in [1.165, 1.54) is 11.1 Å². The number of hydrogen-bond acceptors (Lipinski definition) is 16. The largest absolute Gasteiger partial charge is 0.493 e. The molecule has 52 heavy (non-hydrogen) atoms. The van der Waals surface area contributed by atoms with Crippen LogP contribution in [-0.2, 0) is 45.4 Å². The van der Waals surface area contributed by atoms with Gasteiger partial charge in [0, 0.05) is 23.4 Å². The number of aliphatic carboxylic acids is 6. The molecule has 4 aliphatic rings. The van der Waals surface area contributed by atoms with E-state index in [-0.39, 0.29) is 17.3 Å². The summed E-state index contributed by atoms with van der Waals surface area (Å²) in [6.45, 7) is 1.05. The van der Waals surface area contributed by atoms with E-state index in [1.807, 2.05) is 6.07 Å². The molecule has 1 saturated heterocycles. The Bertz CT molecular complexity index is 1410. The van der Waals surface area contributed by atoms with Crippen LogP contribution in [0.25, 0.3) is 0 Å². The highest BCUT2D eigenvalue weighted by molar-refractivity contribution is 5.89. The van der Waals surface area contributed by atoms with Gasteiger partial charge in [-0.25, -0.2) is 28.8 Å². The molecule has 1 saturated carbocycles. The first-order valence-corrected chi connectivity index (χ1v) is 15.1. The highest BCUT2D eigenvalue weighted by Crippen LogP contribution is 2.63. The third-order valence-corrected chi connectivity index (χ3v) is 9.01. The summed E-state index contributed by atoms with van der Waals surface area (Å²) in [6, 6.07) is 4.73. The van der Waals surface area contributed by atoms with Gasteiger partial charge in [0.05, 0.1) is 7.11 Å². The molecule has 0 amide bonds. The summed E-state index contributed by atoms with van der Waals surface area (Å²) in [5, 5.41) is 97.6. The van der Waals surface area contributed by atoms with E-state index in [0.717, 1.165) is 37.3 Å². The number of carbonyl (C=O) groups excluding carboxylic acids is 1. The van der Waals surface area contributed by atoms with E-state index >= 15 is 0 Å². The molecule has 10 atom stereocenters. The first-order valence-electron chi connectivity index (χ1n) is 15.1. The van der Waals surface area contributed by atoms with Gasteiger partial charge in [-0.2, -0.15) is 0 Å². The Labute approximate surface area is 292 Å². The van der Waals surface area contributed by atoms with Crippen LogP contribution >= 0.6 is 0 Å². The van der Waals surface area contributed by atoms with Crippen molar-refractivity contribution in [2.24, 2.45) is 5.92 Å². The molecule has 2 aliphatic heterocycles. The van der Waals surface area contributed by atoms with Gasteiger partial charge in [0.25, 0.3) is 0 Å². The molecule has 12 N–H and O–H groups in total. The van der Waals surface area contributed by atoms with Crippen molar-refractivity contribution in [2.45, 2.75) is 79.9 Å². The number of aliphatic hydroxyl groups is 6. The molecule has 2 fully saturated rings. The highest BCUT2D eigenvalue weighted by Gasteiger charge is 2.65. The number of ketones is 1. The fourth-order valence-corrected chi connectivity index (χ4v) is 6.48. The number of likely N-dealkylation sites (tertiary alicyclic amines) is 1. The van der Waals surface area contributed by atoms with Crippen LogP contribution in [0.15, 0.2) is 12.1 Å². The topological polar surface area (TPSA) is 384 Å². The second kappa shape index (κ2) is 17.5. The number of benzene rings is 1. The van der Waals surface area contributed by atoms with Gasteiger partial charge in [0.15, 0.2) is 60.0 Å². The summed E-state index contributed by atoms with van der Waals surface area (Å²) in [4.78, 5) is 73.7. The number of nitrogens with zero attached hydrogens (tertiary/aromatic N) is 1. The van der Waals surface area contributed by atoms with Crippen LogP contribution in [0.5, 0.6) is 11.5 Å². The minimum Gasteiger partial charge on any atom is -0.493 e. The molecule has 2 bridgehead atoms. The molecule has 5 rings (SSSR count). The van der Waals surface area contributed by atoms with E-state index < -0.39 is 72.4 Å². The molecule has 1 spiro atoms. The van der Waals surface area contributed by atoms with Crippen LogP contribution < -0.4 is 9.47 Å². The summed E-state index contributed by atoms with van der Waals surface area (Å²) in [7, 11) is 3.91. The number of hydrogen-bond donors (Lipinski definition) is 12. The van der Waals surface area contributed by atoms with Crippen LogP contribution in [0.3, 0.4) is 0 Å². The molecule has 22 heteroatoms. The zero-order valence-electron chi connectivity index (χ0n) is 27.4. The van der Waals surface area contributed by atoms with Crippen molar-refractivity contribution in [1.29, 1.82) is 0 Å². The molecule has 1 aromatic carbocycles. The van der Waals surface area contributed by atoms with Crippen molar-refractivity contribution in [2.75, 3.05) is 20.7 Å². The van der Waals surface area contributed by atoms with Crippen molar-refractivity contribution in [1.82, 2.24) is 4.90 Å². The zero-order chi connectivity index (χ0) is 40.0. The van der Waals surface area contributed by atoms with Crippen LogP contribution in [-0.4, -0.2) is 177 Å². The summed E-state index contributed by atoms with van der Waals surface area (Å²) in [5.41, 5.74) is 2.57. The molecular formula is C30H39NO21. The molecule has 22 nitrogen and oxygen atoms in total. The lowest BCUT2D eigenvalue weighted by Gasteiger charge is -2.57. The summed E-state index contributed by atoms with van der Waals surface area (Å²) in [6.07, 6.45) is -10.1. The van der Waals surface area contributed by atoms with Gasteiger partial charge in [-0.3, -0.25) is 4.79 Å². The Kier molecular flexibility index (Phi) is 14.5. The second-order valence-electron chi connectivity index (χ2n) is 12.0. The predicted molar refractivity (Wildman–Crippen MR) is 163 cm³/mol. The minimum atomic E-state index is -2.27. The average molecular weight is 750 g/mol. The first-order chi connectivity index (χ1) is 24.1. The van der Waals surface area contributed by atoms with Crippen molar-refractivity contribution < 1.29 is 104 Å². The molecule has 2 aliphatic carbocycles. The number of carboxylic acids is 6. The number of methoxy groups -OCH3 is 1. The number of piperidine rings is 1. The maximum absolute atomic E-state index is 12.6. The fourth-order valence-electron chi connectivity index (χ4n) is 6.48. The number of carboxylic acid groups (broad SMARTS) is 6. The number of aliphatic hydroxyl groups excluding tert-OH is 6. The normalized spacial score (nSPS) is 25.4. The maximum Gasteiger partial charge on any atom is 0.335 e. The quantitative estimate of drug-likeness (QED) is 0.107. The van der Waals surface area contributed by atoms with Gasteiger partial charge in [-0.05, 0) is 50.4 Å². The maximum atomic E-state index is 12.6. The van der Waals surface area contributed by atoms with E-state index in [9.17, 15) is 33.6 Å². The predicted octanol–water partition coefficient (Wildman–Crippen LogP) is -4.43. The van der Waals surface area contributed by atoms with Crippen molar-refractivity contribution in [3.63, 3.8) is 0 Å². The molecule has 2 heterocycles. The number of Topliss-reactive ketones (excluding diaryl/α,β-unsaturated/α-hetero) is 1.